The molecule has 0 aliphatic carbocycles. The molecule has 0 atom stereocenters. The summed E-state index contributed by atoms with van der Waals surface area (Å²) in [4.78, 5) is 4.85. The first-order valence-electron chi connectivity index (χ1n) is 8.89. The summed E-state index contributed by atoms with van der Waals surface area (Å²) in [5.74, 6) is 0. The molecule has 3 aromatic carbocycles. The second-order valence-electron chi connectivity index (χ2n) is 6.68. The van der Waals surface area contributed by atoms with Gasteiger partial charge >= 0.3 is 0 Å². The van der Waals surface area contributed by atoms with E-state index in [1.165, 1.54) is 0 Å². The number of benzene rings is 3. The normalized spacial score (nSPS) is 10.7. The van der Waals surface area contributed by atoms with Crippen LogP contribution in [0.15, 0.2) is 78.9 Å². The molecule has 0 saturated heterocycles. The molecule has 0 aliphatic heterocycles. The molecular formula is C23H21N5. The summed E-state index contributed by atoms with van der Waals surface area (Å²) < 4.78 is 0. The predicted molar refractivity (Wildman–Crippen MR) is 118 cm³/mol. The highest BCUT2D eigenvalue weighted by Crippen LogP contribution is 2.33. The van der Waals surface area contributed by atoms with Crippen molar-refractivity contribution in [2.75, 3.05) is 22.9 Å². The van der Waals surface area contributed by atoms with Gasteiger partial charge in [0.1, 0.15) is 0 Å². The fourth-order valence-electron chi connectivity index (χ4n) is 3.09. The zero-order valence-electron chi connectivity index (χ0n) is 15.3. The van der Waals surface area contributed by atoms with Gasteiger partial charge in [0.05, 0.1) is 34.1 Å². The van der Waals surface area contributed by atoms with Crippen LogP contribution in [0.25, 0.3) is 33.6 Å². The molecule has 8 N–H and O–H groups in total. The van der Waals surface area contributed by atoms with Gasteiger partial charge in [-0.15, -0.1) is 0 Å². The topological polar surface area (TPSA) is 117 Å². The summed E-state index contributed by atoms with van der Waals surface area (Å²) in [6, 6.07) is 25.4. The van der Waals surface area contributed by atoms with E-state index in [0.29, 0.717) is 22.7 Å². The molecule has 0 aliphatic rings. The van der Waals surface area contributed by atoms with Crippen LogP contribution in [-0.2, 0) is 0 Å². The maximum atomic E-state index is 6.01. The van der Waals surface area contributed by atoms with Crippen molar-refractivity contribution in [3.8, 4) is 33.6 Å². The summed E-state index contributed by atoms with van der Waals surface area (Å²) >= 11 is 0. The fourth-order valence-corrected chi connectivity index (χ4v) is 3.09. The molecule has 0 bridgehead atoms. The lowest BCUT2D eigenvalue weighted by Crippen LogP contribution is -1.97. The third-order valence-electron chi connectivity index (χ3n) is 4.70. The van der Waals surface area contributed by atoms with Gasteiger partial charge in [0.15, 0.2) is 0 Å². The molecule has 4 rings (SSSR count). The molecule has 5 heteroatoms. The Kier molecular flexibility index (Phi) is 4.33. The van der Waals surface area contributed by atoms with Crippen molar-refractivity contribution in [2.24, 2.45) is 0 Å². The lowest BCUT2D eigenvalue weighted by molar-refractivity contribution is 1.32. The third kappa shape index (κ3) is 3.33. The highest BCUT2D eigenvalue weighted by Gasteiger charge is 2.10. The molecule has 5 nitrogen and oxygen atoms in total. The van der Waals surface area contributed by atoms with E-state index in [9.17, 15) is 0 Å². The Balaban J connectivity index is 1.92. The number of hydrogen-bond donors (Lipinski definition) is 4. The maximum Gasteiger partial charge on any atom is 0.0716 e. The Hall–Kier alpha value is -3.99. The molecule has 4 aromatic rings. The first-order valence-corrected chi connectivity index (χ1v) is 8.89. The average molecular weight is 367 g/mol. The van der Waals surface area contributed by atoms with Crippen molar-refractivity contribution in [1.82, 2.24) is 4.98 Å². The van der Waals surface area contributed by atoms with Crippen molar-refractivity contribution >= 4 is 22.7 Å². The van der Waals surface area contributed by atoms with E-state index in [4.69, 9.17) is 27.9 Å². The van der Waals surface area contributed by atoms with Crippen molar-refractivity contribution in [2.45, 2.75) is 0 Å². The van der Waals surface area contributed by atoms with Crippen LogP contribution in [0.2, 0.25) is 0 Å². The van der Waals surface area contributed by atoms with Gasteiger partial charge in [-0.1, -0.05) is 42.5 Å². The average Bonchev–Trinajstić information content (AvgIpc) is 2.72. The van der Waals surface area contributed by atoms with E-state index in [0.717, 1.165) is 33.6 Å². The summed E-state index contributed by atoms with van der Waals surface area (Å²) in [6.45, 7) is 0. The van der Waals surface area contributed by atoms with Crippen LogP contribution in [0.1, 0.15) is 0 Å². The minimum atomic E-state index is 0.530. The Morgan fingerprint density at radius 3 is 1.39 bits per heavy atom. The largest absolute Gasteiger partial charge is 0.397 e. The molecule has 28 heavy (non-hydrogen) atoms. The minimum Gasteiger partial charge on any atom is -0.397 e. The molecule has 138 valence electrons. The van der Waals surface area contributed by atoms with Gasteiger partial charge in [0, 0.05) is 11.1 Å². The number of pyridine rings is 1. The van der Waals surface area contributed by atoms with Gasteiger partial charge < -0.3 is 22.9 Å². The van der Waals surface area contributed by atoms with Crippen molar-refractivity contribution in [3.05, 3.63) is 78.9 Å². The van der Waals surface area contributed by atoms with E-state index in [2.05, 4.69) is 12.1 Å². The summed E-state index contributed by atoms with van der Waals surface area (Å²) in [6.07, 6.45) is 0. The standard InChI is InChI=1S/C23H21N5/c24-18-8-6-15(10-20(18)26)22-12-17(14-4-2-1-3-5-14)13-23(28-22)16-7-9-19(25)21(27)11-16/h1-13H,24-27H2. The van der Waals surface area contributed by atoms with E-state index >= 15 is 0 Å². The highest BCUT2D eigenvalue weighted by molar-refractivity contribution is 5.81. The number of nitrogens with two attached hydrogens (primary N) is 4. The highest BCUT2D eigenvalue weighted by atomic mass is 14.7. The summed E-state index contributed by atoms with van der Waals surface area (Å²) in [5, 5.41) is 0. The van der Waals surface area contributed by atoms with Crippen molar-refractivity contribution in [1.29, 1.82) is 0 Å². The van der Waals surface area contributed by atoms with Crippen LogP contribution in [0.4, 0.5) is 22.7 Å². The molecule has 0 amide bonds. The number of hydrogen-bond acceptors (Lipinski definition) is 5. The zero-order valence-corrected chi connectivity index (χ0v) is 15.3. The predicted octanol–water partition coefficient (Wildman–Crippen LogP) is 4.41. The Morgan fingerprint density at radius 2 is 0.929 bits per heavy atom. The van der Waals surface area contributed by atoms with Crippen LogP contribution >= 0.6 is 0 Å². The van der Waals surface area contributed by atoms with Crippen LogP contribution < -0.4 is 22.9 Å². The summed E-state index contributed by atoms with van der Waals surface area (Å²) in [7, 11) is 0. The van der Waals surface area contributed by atoms with Gasteiger partial charge in [-0.3, -0.25) is 0 Å². The minimum absolute atomic E-state index is 0.530. The molecule has 1 aromatic heterocycles. The monoisotopic (exact) mass is 367 g/mol. The number of nitrogen functional groups attached to an aromatic ring is 4. The number of aromatic nitrogens is 1. The fraction of sp³-hybridized carbons (Fsp3) is 0. The molecule has 0 radical (unpaired) electrons. The van der Waals surface area contributed by atoms with Gasteiger partial charge in [-0.05, 0) is 47.5 Å². The SMILES string of the molecule is Nc1ccc(-c2cc(-c3ccccc3)cc(-c3ccc(N)c(N)c3)n2)cc1N. The number of anilines is 4. The quantitative estimate of drug-likeness (QED) is 0.400. The Bertz CT molecular complexity index is 1080. The smallest absolute Gasteiger partial charge is 0.0716 e. The van der Waals surface area contributed by atoms with E-state index in [1.54, 1.807) is 12.1 Å². The zero-order chi connectivity index (χ0) is 19.7. The van der Waals surface area contributed by atoms with E-state index in [-0.39, 0.29) is 0 Å². The van der Waals surface area contributed by atoms with Crippen LogP contribution in [0.3, 0.4) is 0 Å². The van der Waals surface area contributed by atoms with Crippen molar-refractivity contribution < 1.29 is 0 Å². The lowest BCUT2D eigenvalue weighted by Gasteiger charge is -2.12. The maximum absolute atomic E-state index is 6.01. The van der Waals surface area contributed by atoms with E-state index in [1.807, 2.05) is 54.6 Å². The van der Waals surface area contributed by atoms with Gasteiger partial charge in [0.25, 0.3) is 0 Å². The number of rotatable bonds is 3. The van der Waals surface area contributed by atoms with Crippen LogP contribution in [-0.4, -0.2) is 4.98 Å². The summed E-state index contributed by atoms with van der Waals surface area (Å²) in [5.41, 5.74) is 31.5. The van der Waals surface area contributed by atoms with Gasteiger partial charge in [0.2, 0.25) is 0 Å². The molecular weight excluding hydrogens is 346 g/mol. The Labute approximate surface area is 163 Å². The lowest BCUT2D eigenvalue weighted by atomic mass is 9.99. The number of nitrogens with zero attached hydrogens (tertiary/aromatic N) is 1. The second-order valence-corrected chi connectivity index (χ2v) is 6.68. The van der Waals surface area contributed by atoms with Gasteiger partial charge in [-0.25, -0.2) is 4.98 Å². The Morgan fingerprint density at radius 1 is 0.429 bits per heavy atom. The van der Waals surface area contributed by atoms with Crippen LogP contribution in [0, 0.1) is 0 Å². The molecule has 1 heterocycles. The van der Waals surface area contributed by atoms with E-state index < -0.39 is 0 Å². The molecule has 0 fully saturated rings. The molecule has 0 unspecified atom stereocenters. The molecule has 0 saturated carbocycles. The first-order chi connectivity index (χ1) is 13.5. The molecule has 0 spiro atoms. The first kappa shape index (κ1) is 17.4. The van der Waals surface area contributed by atoms with Gasteiger partial charge in [-0.2, -0.15) is 0 Å². The van der Waals surface area contributed by atoms with Crippen LogP contribution in [0.5, 0.6) is 0 Å². The third-order valence-corrected chi connectivity index (χ3v) is 4.70. The second kappa shape index (κ2) is 6.96. The van der Waals surface area contributed by atoms with Crippen molar-refractivity contribution in [3.63, 3.8) is 0 Å².